The lowest BCUT2D eigenvalue weighted by Gasteiger charge is -2.03. The summed E-state index contributed by atoms with van der Waals surface area (Å²) in [6, 6.07) is 4.53. The minimum Gasteiger partial charge on any atom is -0.350 e. The van der Waals surface area contributed by atoms with Gasteiger partial charge in [0.25, 0.3) is 0 Å². The molecule has 2 aromatic rings. The largest absolute Gasteiger partial charge is 0.432 e. The Hall–Kier alpha value is -0.680. The first-order chi connectivity index (χ1) is 6.89. The van der Waals surface area contributed by atoms with Gasteiger partial charge in [-0.3, -0.25) is 0 Å². The molecular formula is C9H4BrClF3N. The van der Waals surface area contributed by atoms with Crippen LogP contribution in [0.4, 0.5) is 13.2 Å². The van der Waals surface area contributed by atoms with Crippen LogP contribution >= 0.6 is 27.5 Å². The van der Waals surface area contributed by atoms with Gasteiger partial charge >= 0.3 is 6.18 Å². The van der Waals surface area contributed by atoms with Crippen LogP contribution in [-0.4, -0.2) is 4.98 Å². The number of aromatic nitrogens is 1. The molecule has 0 aliphatic heterocycles. The summed E-state index contributed by atoms with van der Waals surface area (Å²) in [6.07, 6.45) is -4.40. The molecule has 0 bridgehead atoms. The summed E-state index contributed by atoms with van der Waals surface area (Å²) in [5, 5.41) is 0.858. The third-order valence-electron chi connectivity index (χ3n) is 1.98. The molecule has 2 rings (SSSR count). The molecule has 6 heteroatoms. The van der Waals surface area contributed by atoms with Crippen LogP contribution in [0.15, 0.2) is 22.7 Å². The lowest BCUT2D eigenvalue weighted by molar-refractivity contribution is -0.141. The predicted octanol–water partition coefficient (Wildman–Crippen LogP) is 4.60. The first-order valence-electron chi connectivity index (χ1n) is 3.93. The predicted molar refractivity (Wildman–Crippen MR) is 56.0 cm³/mol. The zero-order valence-electron chi connectivity index (χ0n) is 7.12. The molecule has 15 heavy (non-hydrogen) atoms. The molecule has 0 fully saturated rings. The Bertz CT molecular complexity index is 518. The lowest BCUT2D eigenvalue weighted by Crippen LogP contribution is -2.05. The number of benzene rings is 1. The molecule has 0 saturated carbocycles. The normalized spacial score (nSPS) is 12.3. The quantitative estimate of drug-likeness (QED) is 0.731. The molecule has 0 atom stereocenters. The number of halogens is 5. The molecule has 0 unspecified atom stereocenters. The summed E-state index contributed by atoms with van der Waals surface area (Å²) in [5.74, 6) is 0. The molecule has 0 saturated heterocycles. The van der Waals surface area contributed by atoms with E-state index in [2.05, 4.69) is 20.9 Å². The highest BCUT2D eigenvalue weighted by molar-refractivity contribution is 9.10. The highest BCUT2D eigenvalue weighted by Crippen LogP contribution is 2.39. The van der Waals surface area contributed by atoms with Crippen molar-refractivity contribution in [1.82, 2.24) is 4.98 Å². The van der Waals surface area contributed by atoms with E-state index in [0.29, 0.717) is 15.9 Å². The topological polar surface area (TPSA) is 15.8 Å². The number of aromatic amines is 1. The SMILES string of the molecule is FC(F)(F)c1[nH]c2cc(Cl)ccc2c1Br. The molecule has 1 heterocycles. The van der Waals surface area contributed by atoms with E-state index in [-0.39, 0.29) is 4.47 Å². The van der Waals surface area contributed by atoms with Gasteiger partial charge in [-0.1, -0.05) is 17.7 Å². The van der Waals surface area contributed by atoms with Gasteiger partial charge < -0.3 is 4.98 Å². The van der Waals surface area contributed by atoms with Crippen molar-refractivity contribution >= 4 is 38.4 Å². The summed E-state index contributed by atoms with van der Waals surface area (Å²) in [5.41, 5.74) is -0.429. The average molecular weight is 298 g/mol. The smallest absolute Gasteiger partial charge is 0.350 e. The standard InChI is InChI=1S/C9H4BrClF3N/c10-7-5-2-1-4(11)3-6(5)15-8(7)9(12,13)14/h1-3,15H. The molecular weight excluding hydrogens is 294 g/mol. The number of alkyl halides is 3. The molecule has 0 spiro atoms. The third-order valence-corrected chi connectivity index (χ3v) is 3.04. The fourth-order valence-electron chi connectivity index (χ4n) is 1.33. The van der Waals surface area contributed by atoms with Gasteiger partial charge in [-0.15, -0.1) is 0 Å². The summed E-state index contributed by atoms with van der Waals surface area (Å²) in [4.78, 5) is 2.29. The van der Waals surface area contributed by atoms with Crippen LogP contribution in [0.1, 0.15) is 5.69 Å². The monoisotopic (exact) mass is 297 g/mol. The average Bonchev–Trinajstić information content (AvgIpc) is 2.42. The van der Waals surface area contributed by atoms with Crippen molar-refractivity contribution < 1.29 is 13.2 Å². The highest BCUT2D eigenvalue weighted by Gasteiger charge is 2.35. The molecule has 1 aromatic carbocycles. The van der Waals surface area contributed by atoms with Gasteiger partial charge in [-0.25, -0.2) is 0 Å². The van der Waals surface area contributed by atoms with Crippen molar-refractivity contribution in [3.05, 3.63) is 33.4 Å². The molecule has 1 nitrogen and oxygen atoms in total. The van der Waals surface area contributed by atoms with Crippen molar-refractivity contribution in [3.8, 4) is 0 Å². The summed E-state index contributed by atoms with van der Waals surface area (Å²) in [7, 11) is 0. The molecule has 80 valence electrons. The van der Waals surface area contributed by atoms with Gasteiger partial charge in [0.1, 0.15) is 5.69 Å². The highest BCUT2D eigenvalue weighted by atomic mass is 79.9. The van der Waals surface area contributed by atoms with Crippen molar-refractivity contribution in [1.29, 1.82) is 0 Å². The first-order valence-corrected chi connectivity index (χ1v) is 5.10. The summed E-state index contributed by atoms with van der Waals surface area (Å²) < 4.78 is 37.5. The minimum absolute atomic E-state index is 0.0154. The van der Waals surface area contributed by atoms with Gasteiger partial charge in [0.15, 0.2) is 0 Å². The second-order valence-corrected chi connectivity index (χ2v) is 4.23. The van der Waals surface area contributed by atoms with E-state index in [0.717, 1.165) is 0 Å². The van der Waals surface area contributed by atoms with Gasteiger partial charge in [0.05, 0.1) is 4.47 Å². The van der Waals surface area contributed by atoms with Gasteiger partial charge in [-0.2, -0.15) is 13.2 Å². The van der Waals surface area contributed by atoms with E-state index in [9.17, 15) is 13.2 Å². The Morgan fingerprint density at radius 3 is 2.53 bits per heavy atom. The van der Waals surface area contributed by atoms with Crippen LogP contribution in [0.2, 0.25) is 5.02 Å². The van der Waals surface area contributed by atoms with E-state index < -0.39 is 11.9 Å². The summed E-state index contributed by atoms with van der Waals surface area (Å²) >= 11 is 8.60. The zero-order valence-corrected chi connectivity index (χ0v) is 9.46. The van der Waals surface area contributed by atoms with E-state index >= 15 is 0 Å². The number of hydrogen-bond donors (Lipinski definition) is 1. The molecule has 0 aliphatic carbocycles. The number of rotatable bonds is 0. The molecule has 0 amide bonds. The van der Waals surface area contributed by atoms with Crippen LogP contribution in [0.3, 0.4) is 0 Å². The third kappa shape index (κ3) is 1.86. The maximum Gasteiger partial charge on any atom is 0.432 e. The maximum absolute atomic E-state index is 12.5. The fourth-order valence-corrected chi connectivity index (χ4v) is 2.17. The van der Waals surface area contributed by atoms with E-state index in [1.165, 1.54) is 12.1 Å². The van der Waals surface area contributed by atoms with Crippen molar-refractivity contribution in [2.45, 2.75) is 6.18 Å². The molecule has 1 aromatic heterocycles. The second kappa shape index (κ2) is 3.42. The van der Waals surface area contributed by atoms with Crippen molar-refractivity contribution in [2.24, 2.45) is 0 Å². The van der Waals surface area contributed by atoms with Crippen LogP contribution < -0.4 is 0 Å². The maximum atomic E-state index is 12.5. The van der Waals surface area contributed by atoms with Crippen LogP contribution in [-0.2, 0) is 6.18 Å². The first kappa shape index (κ1) is 10.8. The molecule has 0 aliphatic rings. The number of H-pyrrole nitrogens is 1. The molecule has 1 N–H and O–H groups in total. The van der Waals surface area contributed by atoms with E-state index in [1.54, 1.807) is 6.07 Å². The minimum atomic E-state index is -4.40. The Balaban J connectivity index is 2.75. The zero-order chi connectivity index (χ0) is 11.2. The Morgan fingerprint density at radius 1 is 1.27 bits per heavy atom. The van der Waals surface area contributed by atoms with Crippen LogP contribution in [0.5, 0.6) is 0 Å². The van der Waals surface area contributed by atoms with Crippen molar-refractivity contribution in [2.75, 3.05) is 0 Å². The van der Waals surface area contributed by atoms with E-state index in [4.69, 9.17) is 11.6 Å². The van der Waals surface area contributed by atoms with Gasteiger partial charge in [-0.05, 0) is 28.1 Å². The summed E-state index contributed by atoms with van der Waals surface area (Å²) in [6.45, 7) is 0. The Morgan fingerprint density at radius 2 is 1.93 bits per heavy atom. The number of hydrogen-bond acceptors (Lipinski definition) is 0. The van der Waals surface area contributed by atoms with Gasteiger partial charge in [0.2, 0.25) is 0 Å². The Kier molecular flexibility index (Phi) is 2.47. The van der Waals surface area contributed by atoms with Crippen molar-refractivity contribution in [3.63, 3.8) is 0 Å². The lowest BCUT2D eigenvalue weighted by atomic mass is 10.2. The number of nitrogens with one attached hydrogen (secondary N) is 1. The number of fused-ring (bicyclic) bond motifs is 1. The van der Waals surface area contributed by atoms with Gasteiger partial charge in [0, 0.05) is 15.9 Å². The van der Waals surface area contributed by atoms with Crippen LogP contribution in [0.25, 0.3) is 10.9 Å². The van der Waals surface area contributed by atoms with E-state index in [1.807, 2.05) is 0 Å². The fraction of sp³-hybridized carbons (Fsp3) is 0.111. The van der Waals surface area contributed by atoms with Crippen LogP contribution in [0, 0.1) is 0 Å². The molecule has 0 radical (unpaired) electrons. The second-order valence-electron chi connectivity index (χ2n) is 3.00. The Labute approximate surface area is 96.4 Å².